The monoisotopic (exact) mass is 393 g/mol. The maximum Gasteiger partial charge on any atom is 0.320 e. The molecule has 1 saturated carbocycles. The average Bonchev–Trinajstić information content (AvgIpc) is 3.31. The van der Waals surface area contributed by atoms with Gasteiger partial charge in [0.2, 0.25) is 0 Å². The van der Waals surface area contributed by atoms with Gasteiger partial charge in [0.15, 0.2) is 5.65 Å². The fraction of sp³-hybridized carbons (Fsp3) is 0.667. The zero-order chi connectivity index (χ0) is 17.8. The lowest BCUT2D eigenvalue weighted by Crippen LogP contribution is -2.36. The van der Waals surface area contributed by atoms with Crippen molar-refractivity contribution in [3.05, 3.63) is 12.5 Å². The molecule has 3 heterocycles. The average molecular weight is 394 g/mol. The first-order chi connectivity index (χ1) is 12.8. The molecule has 9 heteroatoms. The zero-order valence-electron chi connectivity index (χ0n) is 15.6. The summed E-state index contributed by atoms with van der Waals surface area (Å²) >= 11 is 0. The van der Waals surface area contributed by atoms with E-state index in [-0.39, 0.29) is 24.5 Å². The summed E-state index contributed by atoms with van der Waals surface area (Å²) in [7, 11) is 0. The Hall–Kier alpha value is -1.93. The van der Waals surface area contributed by atoms with Gasteiger partial charge in [0.25, 0.3) is 0 Å². The van der Waals surface area contributed by atoms with Crippen molar-refractivity contribution in [3.8, 4) is 0 Å². The molecule has 1 aliphatic carbocycles. The molecule has 0 spiro atoms. The Bertz CT molecular complexity index is 753. The van der Waals surface area contributed by atoms with Crippen LogP contribution in [-0.4, -0.2) is 56.4 Å². The third-order valence-corrected chi connectivity index (χ3v) is 5.43. The molecule has 2 fully saturated rings. The lowest BCUT2D eigenvalue weighted by Gasteiger charge is -2.26. The Morgan fingerprint density at radius 2 is 1.85 bits per heavy atom. The number of rotatable bonds is 5. The molecule has 0 bridgehead atoms. The van der Waals surface area contributed by atoms with Gasteiger partial charge in [-0.15, -0.1) is 12.4 Å². The van der Waals surface area contributed by atoms with Crippen molar-refractivity contribution in [3.63, 3.8) is 0 Å². The van der Waals surface area contributed by atoms with E-state index >= 15 is 0 Å². The molecule has 2 aliphatic rings. The maximum atomic E-state index is 12.2. The SMILES string of the molecule is Cl.O=C(Nc1ncnc2c1cnn2CCN1CCCCC1)NC1CCCC1. The second-order valence-corrected chi connectivity index (χ2v) is 7.31. The summed E-state index contributed by atoms with van der Waals surface area (Å²) in [5, 5.41) is 11.1. The van der Waals surface area contributed by atoms with Gasteiger partial charge in [-0.1, -0.05) is 19.3 Å². The number of piperidine rings is 1. The van der Waals surface area contributed by atoms with E-state index in [1.807, 2.05) is 4.68 Å². The molecule has 0 aromatic carbocycles. The van der Waals surface area contributed by atoms with E-state index in [2.05, 4.69) is 30.6 Å². The minimum Gasteiger partial charge on any atom is -0.335 e. The van der Waals surface area contributed by atoms with Crippen molar-refractivity contribution in [2.24, 2.45) is 0 Å². The molecule has 0 atom stereocenters. The second-order valence-electron chi connectivity index (χ2n) is 7.31. The highest BCUT2D eigenvalue weighted by Gasteiger charge is 2.19. The number of hydrogen-bond acceptors (Lipinski definition) is 5. The van der Waals surface area contributed by atoms with Crippen LogP contribution in [0.3, 0.4) is 0 Å². The normalized spacial score (nSPS) is 18.4. The third-order valence-electron chi connectivity index (χ3n) is 5.43. The van der Waals surface area contributed by atoms with Crippen LogP contribution >= 0.6 is 12.4 Å². The molecule has 148 valence electrons. The van der Waals surface area contributed by atoms with Crippen LogP contribution in [0.5, 0.6) is 0 Å². The number of fused-ring (bicyclic) bond motifs is 1. The van der Waals surface area contributed by atoms with E-state index < -0.39 is 0 Å². The molecular weight excluding hydrogens is 366 g/mol. The summed E-state index contributed by atoms with van der Waals surface area (Å²) in [6.45, 7) is 4.12. The molecule has 1 saturated heterocycles. The first kappa shape index (κ1) is 19.8. The number of hydrogen-bond donors (Lipinski definition) is 2. The number of amides is 2. The Morgan fingerprint density at radius 1 is 1.07 bits per heavy atom. The minimum absolute atomic E-state index is 0. The van der Waals surface area contributed by atoms with Gasteiger partial charge >= 0.3 is 6.03 Å². The highest BCUT2D eigenvalue weighted by molar-refractivity contribution is 5.97. The summed E-state index contributed by atoms with van der Waals surface area (Å²) in [6, 6.07) is 0.0811. The van der Waals surface area contributed by atoms with Gasteiger partial charge in [0, 0.05) is 12.6 Å². The standard InChI is InChI=1S/C18H27N7O.ClH/c26-18(22-14-6-2-3-7-14)23-16-15-12-21-25(17(15)20-13-19-16)11-10-24-8-4-1-5-9-24;/h12-14H,1-11H2,(H2,19,20,22,23,26);1H. The van der Waals surface area contributed by atoms with Crippen molar-refractivity contribution >= 4 is 35.3 Å². The highest BCUT2D eigenvalue weighted by atomic mass is 35.5. The molecule has 0 unspecified atom stereocenters. The van der Waals surface area contributed by atoms with Crippen LogP contribution in [0.1, 0.15) is 44.9 Å². The number of likely N-dealkylation sites (tertiary alicyclic amines) is 1. The topological polar surface area (TPSA) is 88.0 Å². The van der Waals surface area contributed by atoms with E-state index in [1.165, 1.54) is 51.5 Å². The first-order valence-corrected chi connectivity index (χ1v) is 9.76. The zero-order valence-corrected chi connectivity index (χ0v) is 16.4. The van der Waals surface area contributed by atoms with Crippen LogP contribution in [0, 0.1) is 0 Å². The predicted molar refractivity (Wildman–Crippen MR) is 107 cm³/mol. The number of aromatic nitrogens is 4. The van der Waals surface area contributed by atoms with E-state index in [4.69, 9.17) is 0 Å². The molecule has 2 amide bonds. The largest absolute Gasteiger partial charge is 0.335 e. The predicted octanol–water partition coefficient (Wildman–Crippen LogP) is 2.80. The third kappa shape index (κ3) is 4.87. The van der Waals surface area contributed by atoms with Gasteiger partial charge in [0.1, 0.15) is 12.1 Å². The van der Waals surface area contributed by atoms with Crippen LogP contribution in [0.4, 0.5) is 10.6 Å². The summed E-state index contributed by atoms with van der Waals surface area (Å²) in [6.07, 6.45) is 11.6. The fourth-order valence-electron chi connectivity index (χ4n) is 3.97. The number of urea groups is 1. The summed E-state index contributed by atoms with van der Waals surface area (Å²) < 4.78 is 1.91. The Balaban J connectivity index is 0.00000210. The molecule has 2 aromatic rings. The maximum absolute atomic E-state index is 12.2. The molecular formula is C18H28ClN7O. The van der Waals surface area contributed by atoms with Crippen molar-refractivity contribution in [1.29, 1.82) is 0 Å². The first-order valence-electron chi connectivity index (χ1n) is 9.76. The van der Waals surface area contributed by atoms with E-state index in [0.29, 0.717) is 5.82 Å². The number of halogens is 1. The lowest BCUT2D eigenvalue weighted by atomic mass is 10.1. The van der Waals surface area contributed by atoms with Crippen LogP contribution < -0.4 is 10.6 Å². The molecule has 4 rings (SSSR count). The molecule has 27 heavy (non-hydrogen) atoms. The molecule has 1 aliphatic heterocycles. The van der Waals surface area contributed by atoms with E-state index in [9.17, 15) is 4.79 Å². The molecule has 0 radical (unpaired) electrons. The van der Waals surface area contributed by atoms with Gasteiger partial charge in [0.05, 0.1) is 18.1 Å². The van der Waals surface area contributed by atoms with Gasteiger partial charge in [-0.2, -0.15) is 5.10 Å². The van der Waals surface area contributed by atoms with Crippen molar-refractivity contribution in [2.75, 3.05) is 25.0 Å². The second kappa shape index (κ2) is 9.32. The van der Waals surface area contributed by atoms with E-state index in [1.54, 1.807) is 6.20 Å². The molecule has 2 aromatic heterocycles. The van der Waals surface area contributed by atoms with Crippen LogP contribution in [0.2, 0.25) is 0 Å². The number of carbonyl (C=O) groups excluding carboxylic acids is 1. The Labute approximate surface area is 165 Å². The number of carbonyl (C=O) groups is 1. The summed E-state index contributed by atoms with van der Waals surface area (Å²) in [5.41, 5.74) is 0.771. The van der Waals surface area contributed by atoms with E-state index in [0.717, 1.165) is 37.0 Å². The number of nitrogens with zero attached hydrogens (tertiary/aromatic N) is 5. The quantitative estimate of drug-likeness (QED) is 0.815. The Morgan fingerprint density at radius 3 is 2.63 bits per heavy atom. The molecule has 8 nitrogen and oxygen atoms in total. The van der Waals surface area contributed by atoms with Crippen molar-refractivity contribution in [2.45, 2.75) is 57.5 Å². The summed E-state index contributed by atoms with van der Waals surface area (Å²) in [5.74, 6) is 0.523. The lowest BCUT2D eigenvalue weighted by molar-refractivity contribution is 0.219. The van der Waals surface area contributed by atoms with Crippen LogP contribution in [0.25, 0.3) is 11.0 Å². The van der Waals surface area contributed by atoms with Gasteiger partial charge in [-0.3, -0.25) is 5.32 Å². The number of nitrogens with one attached hydrogen (secondary N) is 2. The minimum atomic E-state index is -0.196. The smallest absolute Gasteiger partial charge is 0.320 e. The number of anilines is 1. The Kier molecular flexibility index (Phi) is 6.84. The van der Waals surface area contributed by atoms with Gasteiger partial charge in [-0.05, 0) is 38.8 Å². The van der Waals surface area contributed by atoms with Crippen molar-refractivity contribution in [1.82, 2.24) is 30.0 Å². The summed E-state index contributed by atoms with van der Waals surface area (Å²) in [4.78, 5) is 23.3. The van der Waals surface area contributed by atoms with Crippen LogP contribution in [-0.2, 0) is 6.54 Å². The van der Waals surface area contributed by atoms with Gasteiger partial charge in [-0.25, -0.2) is 19.4 Å². The van der Waals surface area contributed by atoms with Crippen molar-refractivity contribution < 1.29 is 4.79 Å². The highest BCUT2D eigenvalue weighted by Crippen LogP contribution is 2.20. The van der Waals surface area contributed by atoms with Gasteiger partial charge < -0.3 is 10.2 Å². The molecule has 2 N–H and O–H groups in total. The van der Waals surface area contributed by atoms with Crippen LogP contribution in [0.15, 0.2) is 12.5 Å². The fourth-order valence-corrected chi connectivity index (χ4v) is 3.97.